The molecule has 0 amide bonds. The minimum Gasteiger partial charge on any atom is -0.491 e. The Morgan fingerprint density at radius 1 is 1.67 bits per heavy atom. The van der Waals surface area contributed by atoms with Crippen molar-refractivity contribution in [1.29, 1.82) is 0 Å². The van der Waals surface area contributed by atoms with Crippen molar-refractivity contribution in [2.75, 3.05) is 19.8 Å². The molecule has 1 atom stereocenters. The summed E-state index contributed by atoms with van der Waals surface area (Å²) in [7, 11) is 0. The minimum absolute atomic E-state index is 0.317. The SMILES string of the molecule is CCCc1cc(OCC2CCOC2)c(C(=O)O)s1. The van der Waals surface area contributed by atoms with Crippen molar-refractivity contribution in [1.82, 2.24) is 0 Å². The van der Waals surface area contributed by atoms with Gasteiger partial charge in [-0.25, -0.2) is 4.79 Å². The molecule has 0 saturated carbocycles. The Bertz CT molecular complexity index is 407. The van der Waals surface area contributed by atoms with Gasteiger partial charge in [0, 0.05) is 17.4 Å². The molecule has 1 aliphatic rings. The molecule has 100 valence electrons. The third-order valence-corrected chi connectivity index (χ3v) is 4.10. The van der Waals surface area contributed by atoms with Gasteiger partial charge in [-0.3, -0.25) is 0 Å². The summed E-state index contributed by atoms with van der Waals surface area (Å²) < 4.78 is 10.9. The monoisotopic (exact) mass is 270 g/mol. The normalized spacial score (nSPS) is 19.1. The van der Waals surface area contributed by atoms with E-state index < -0.39 is 5.97 Å². The molecule has 0 spiro atoms. The van der Waals surface area contributed by atoms with Crippen molar-refractivity contribution in [2.45, 2.75) is 26.2 Å². The van der Waals surface area contributed by atoms with Crippen molar-refractivity contribution < 1.29 is 19.4 Å². The third-order valence-electron chi connectivity index (χ3n) is 2.94. The van der Waals surface area contributed by atoms with Gasteiger partial charge in [-0.1, -0.05) is 13.3 Å². The van der Waals surface area contributed by atoms with Gasteiger partial charge in [0.25, 0.3) is 0 Å². The Morgan fingerprint density at radius 2 is 2.50 bits per heavy atom. The number of aromatic carboxylic acids is 1. The lowest BCUT2D eigenvalue weighted by Gasteiger charge is -2.09. The fourth-order valence-electron chi connectivity index (χ4n) is 1.97. The van der Waals surface area contributed by atoms with Crippen LogP contribution in [0.15, 0.2) is 6.07 Å². The smallest absolute Gasteiger partial charge is 0.349 e. The second kappa shape index (κ2) is 6.20. The summed E-state index contributed by atoms with van der Waals surface area (Å²) in [6, 6.07) is 1.87. The number of thiophene rings is 1. The molecule has 18 heavy (non-hydrogen) atoms. The number of rotatable bonds is 6. The second-order valence-electron chi connectivity index (χ2n) is 4.50. The summed E-state index contributed by atoms with van der Waals surface area (Å²) in [6.45, 7) is 4.12. The van der Waals surface area contributed by atoms with Gasteiger partial charge in [0.15, 0.2) is 4.88 Å². The van der Waals surface area contributed by atoms with Gasteiger partial charge >= 0.3 is 5.97 Å². The minimum atomic E-state index is -0.903. The highest BCUT2D eigenvalue weighted by molar-refractivity contribution is 7.14. The number of carbonyl (C=O) groups is 1. The average Bonchev–Trinajstić information content (AvgIpc) is 2.95. The van der Waals surface area contributed by atoms with Crippen LogP contribution >= 0.6 is 11.3 Å². The first-order chi connectivity index (χ1) is 8.70. The maximum atomic E-state index is 11.1. The molecule has 1 aromatic rings. The zero-order valence-electron chi connectivity index (χ0n) is 10.5. The van der Waals surface area contributed by atoms with Crippen molar-refractivity contribution in [3.05, 3.63) is 15.8 Å². The number of carboxylic acids is 1. The van der Waals surface area contributed by atoms with Crippen molar-refractivity contribution in [3.8, 4) is 5.75 Å². The van der Waals surface area contributed by atoms with Crippen molar-refractivity contribution in [3.63, 3.8) is 0 Å². The summed E-state index contributed by atoms with van der Waals surface area (Å²) in [5.41, 5.74) is 0. The van der Waals surface area contributed by atoms with Crippen LogP contribution in [0.3, 0.4) is 0 Å². The van der Waals surface area contributed by atoms with E-state index in [9.17, 15) is 4.79 Å². The van der Waals surface area contributed by atoms with E-state index in [0.717, 1.165) is 30.7 Å². The summed E-state index contributed by atoms with van der Waals surface area (Å²) >= 11 is 1.32. The van der Waals surface area contributed by atoms with Gasteiger partial charge in [0.2, 0.25) is 0 Å². The molecule has 1 saturated heterocycles. The van der Waals surface area contributed by atoms with E-state index in [0.29, 0.717) is 29.8 Å². The highest BCUT2D eigenvalue weighted by Crippen LogP contribution is 2.31. The van der Waals surface area contributed by atoms with E-state index in [1.54, 1.807) is 0 Å². The van der Waals surface area contributed by atoms with E-state index in [2.05, 4.69) is 6.92 Å². The molecule has 0 aliphatic carbocycles. The molecule has 2 rings (SSSR count). The van der Waals surface area contributed by atoms with Crippen LogP contribution in [0.1, 0.15) is 34.3 Å². The van der Waals surface area contributed by atoms with E-state index in [4.69, 9.17) is 14.6 Å². The Balaban J connectivity index is 2.02. The van der Waals surface area contributed by atoms with Gasteiger partial charge < -0.3 is 14.6 Å². The zero-order valence-corrected chi connectivity index (χ0v) is 11.3. The quantitative estimate of drug-likeness (QED) is 0.863. The lowest BCUT2D eigenvalue weighted by molar-refractivity contribution is 0.0697. The van der Waals surface area contributed by atoms with E-state index >= 15 is 0 Å². The van der Waals surface area contributed by atoms with E-state index in [1.807, 2.05) is 6.07 Å². The predicted molar refractivity (Wildman–Crippen MR) is 69.7 cm³/mol. The molecule has 1 aliphatic heterocycles. The molecule has 4 nitrogen and oxygen atoms in total. The molecule has 0 bridgehead atoms. The summed E-state index contributed by atoms with van der Waals surface area (Å²) in [5.74, 6) is 0.00375. The summed E-state index contributed by atoms with van der Waals surface area (Å²) in [5, 5.41) is 9.14. The molecule has 0 radical (unpaired) electrons. The first kappa shape index (κ1) is 13.4. The molecular formula is C13H18O4S. The molecule has 1 fully saturated rings. The first-order valence-corrected chi connectivity index (χ1v) is 7.09. The van der Waals surface area contributed by atoms with Crippen LogP contribution in [0, 0.1) is 5.92 Å². The molecule has 1 unspecified atom stereocenters. The molecule has 5 heteroatoms. The third kappa shape index (κ3) is 3.23. The molecule has 2 heterocycles. The average molecular weight is 270 g/mol. The van der Waals surface area contributed by atoms with Crippen molar-refractivity contribution >= 4 is 17.3 Å². The van der Waals surface area contributed by atoms with Crippen LogP contribution in [-0.2, 0) is 11.2 Å². The van der Waals surface area contributed by atoms with Crippen LogP contribution in [-0.4, -0.2) is 30.9 Å². The van der Waals surface area contributed by atoms with Crippen LogP contribution < -0.4 is 4.74 Å². The van der Waals surface area contributed by atoms with Crippen LogP contribution in [0.5, 0.6) is 5.75 Å². The first-order valence-electron chi connectivity index (χ1n) is 6.27. The lowest BCUT2D eigenvalue weighted by atomic mass is 10.1. The Morgan fingerprint density at radius 3 is 3.11 bits per heavy atom. The highest BCUT2D eigenvalue weighted by atomic mass is 32.1. The fourth-order valence-corrected chi connectivity index (χ4v) is 3.01. The Labute approximate surface area is 111 Å². The molecular weight excluding hydrogens is 252 g/mol. The van der Waals surface area contributed by atoms with Gasteiger partial charge in [0.05, 0.1) is 13.2 Å². The van der Waals surface area contributed by atoms with Gasteiger partial charge in [-0.05, 0) is 18.9 Å². The topological polar surface area (TPSA) is 55.8 Å². The number of carboxylic acid groups (broad SMARTS) is 1. The Hall–Kier alpha value is -1.07. The standard InChI is InChI=1S/C13H18O4S/c1-2-3-10-6-11(12(18-10)13(14)15)17-8-9-4-5-16-7-9/h6,9H,2-5,7-8H2,1H3,(H,14,15). The lowest BCUT2D eigenvalue weighted by Crippen LogP contribution is -2.12. The zero-order chi connectivity index (χ0) is 13.0. The Kier molecular flexibility index (Phi) is 4.60. The van der Waals surface area contributed by atoms with Gasteiger partial charge in [-0.15, -0.1) is 11.3 Å². The molecule has 0 aromatic carbocycles. The van der Waals surface area contributed by atoms with Crippen LogP contribution in [0.4, 0.5) is 0 Å². The second-order valence-corrected chi connectivity index (χ2v) is 5.64. The van der Waals surface area contributed by atoms with Crippen molar-refractivity contribution in [2.24, 2.45) is 5.92 Å². The number of ether oxygens (including phenoxy) is 2. The number of aryl methyl sites for hydroxylation is 1. The van der Waals surface area contributed by atoms with Crippen LogP contribution in [0.2, 0.25) is 0 Å². The molecule has 1 aromatic heterocycles. The number of hydrogen-bond acceptors (Lipinski definition) is 4. The van der Waals surface area contributed by atoms with E-state index in [1.165, 1.54) is 11.3 Å². The number of hydrogen-bond donors (Lipinski definition) is 1. The maximum absolute atomic E-state index is 11.1. The van der Waals surface area contributed by atoms with Gasteiger partial charge in [-0.2, -0.15) is 0 Å². The maximum Gasteiger partial charge on any atom is 0.349 e. The highest BCUT2D eigenvalue weighted by Gasteiger charge is 2.20. The predicted octanol–water partition coefficient (Wildman–Crippen LogP) is 2.81. The fraction of sp³-hybridized carbons (Fsp3) is 0.615. The molecule has 1 N–H and O–H groups in total. The van der Waals surface area contributed by atoms with Crippen LogP contribution in [0.25, 0.3) is 0 Å². The van der Waals surface area contributed by atoms with Gasteiger partial charge in [0.1, 0.15) is 5.75 Å². The summed E-state index contributed by atoms with van der Waals surface area (Å²) in [6.07, 6.45) is 2.91. The summed E-state index contributed by atoms with van der Waals surface area (Å²) in [4.78, 5) is 12.5. The largest absolute Gasteiger partial charge is 0.491 e. The van der Waals surface area contributed by atoms with E-state index in [-0.39, 0.29) is 0 Å².